The average molecular weight is 313 g/mol. The first-order chi connectivity index (χ1) is 11.0. The highest BCUT2D eigenvalue weighted by molar-refractivity contribution is 6.04. The van der Waals surface area contributed by atoms with E-state index < -0.39 is 23.9 Å². The molecule has 7 nitrogen and oxygen atoms in total. The second kappa shape index (κ2) is 7.17. The maximum atomic E-state index is 12.1. The van der Waals surface area contributed by atoms with Crippen LogP contribution >= 0.6 is 0 Å². The Bertz CT molecular complexity index is 731. The number of nitrogens with two attached hydrogens (primary N) is 1. The quantitative estimate of drug-likeness (QED) is 0.810. The monoisotopic (exact) mass is 313 g/mol. The molecule has 2 amide bonds. The SMILES string of the molecule is CC(OC(=O)c1cccnc1)C(=O)Nc1ccccc1C(N)=O. The molecule has 0 radical (unpaired) electrons. The number of carbonyl (C=O) groups excluding carboxylic acids is 3. The predicted octanol–water partition coefficient (Wildman–Crippen LogP) is 1.36. The number of pyridine rings is 1. The molecule has 1 atom stereocenters. The summed E-state index contributed by atoms with van der Waals surface area (Å²) in [5, 5.41) is 2.52. The molecule has 7 heteroatoms. The van der Waals surface area contributed by atoms with Crippen molar-refractivity contribution in [2.24, 2.45) is 5.73 Å². The standard InChI is InChI=1S/C16H15N3O4/c1-10(23-16(22)11-5-4-8-18-9-11)15(21)19-13-7-3-2-6-12(13)14(17)20/h2-10H,1H3,(H2,17,20)(H,19,21). The Hall–Kier alpha value is -3.22. The van der Waals surface area contributed by atoms with Crippen LogP contribution < -0.4 is 11.1 Å². The van der Waals surface area contributed by atoms with Crippen LogP contribution in [0.1, 0.15) is 27.6 Å². The number of para-hydroxylation sites is 1. The summed E-state index contributed by atoms with van der Waals surface area (Å²) in [5.74, 6) is -1.90. The molecule has 0 aliphatic carbocycles. The number of nitrogens with one attached hydrogen (secondary N) is 1. The molecule has 1 aromatic heterocycles. The Labute approximate surface area is 132 Å². The topological polar surface area (TPSA) is 111 Å². The van der Waals surface area contributed by atoms with Gasteiger partial charge in [-0.05, 0) is 31.2 Å². The highest BCUT2D eigenvalue weighted by Crippen LogP contribution is 2.15. The van der Waals surface area contributed by atoms with Crippen LogP contribution in [0, 0.1) is 0 Å². The molecule has 1 unspecified atom stereocenters. The van der Waals surface area contributed by atoms with E-state index in [9.17, 15) is 14.4 Å². The van der Waals surface area contributed by atoms with Gasteiger partial charge in [-0.2, -0.15) is 0 Å². The fourth-order valence-corrected chi connectivity index (χ4v) is 1.81. The molecule has 0 saturated heterocycles. The van der Waals surface area contributed by atoms with Gasteiger partial charge in [0.15, 0.2) is 6.10 Å². The molecule has 118 valence electrons. The minimum Gasteiger partial charge on any atom is -0.449 e. The molecule has 1 heterocycles. The van der Waals surface area contributed by atoms with Crippen molar-refractivity contribution in [2.75, 3.05) is 5.32 Å². The van der Waals surface area contributed by atoms with E-state index in [1.807, 2.05) is 0 Å². The van der Waals surface area contributed by atoms with Gasteiger partial charge in [-0.1, -0.05) is 12.1 Å². The van der Waals surface area contributed by atoms with Crippen LogP contribution in [0.5, 0.6) is 0 Å². The minimum atomic E-state index is -1.05. The molecule has 3 N–H and O–H groups in total. The number of aromatic nitrogens is 1. The van der Waals surface area contributed by atoms with Gasteiger partial charge in [-0.15, -0.1) is 0 Å². The Kier molecular flexibility index (Phi) is 5.03. The Morgan fingerprint density at radius 3 is 2.57 bits per heavy atom. The average Bonchev–Trinajstić information content (AvgIpc) is 2.55. The number of hydrogen-bond donors (Lipinski definition) is 2. The molecular formula is C16H15N3O4. The van der Waals surface area contributed by atoms with Gasteiger partial charge < -0.3 is 15.8 Å². The van der Waals surface area contributed by atoms with Gasteiger partial charge in [0.25, 0.3) is 11.8 Å². The summed E-state index contributed by atoms with van der Waals surface area (Å²) in [4.78, 5) is 39.1. The third-order valence-corrected chi connectivity index (χ3v) is 3.00. The van der Waals surface area contributed by atoms with Crippen LogP contribution in [-0.4, -0.2) is 28.9 Å². The van der Waals surface area contributed by atoms with Crippen LogP contribution in [-0.2, 0) is 9.53 Å². The number of nitrogens with zero attached hydrogens (tertiary/aromatic N) is 1. The zero-order valence-electron chi connectivity index (χ0n) is 12.4. The first kappa shape index (κ1) is 16.2. The van der Waals surface area contributed by atoms with Gasteiger partial charge in [0.1, 0.15) is 0 Å². The number of benzene rings is 1. The van der Waals surface area contributed by atoms with Crippen molar-refractivity contribution in [3.63, 3.8) is 0 Å². The molecule has 2 rings (SSSR count). The van der Waals surface area contributed by atoms with Crippen molar-refractivity contribution in [3.05, 3.63) is 59.9 Å². The first-order valence-corrected chi connectivity index (χ1v) is 6.79. The van der Waals surface area contributed by atoms with Gasteiger partial charge in [-0.3, -0.25) is 14.6 Å². The molecule has 23 heavy (non-hydrogen) atoms. The molecule has 0 spiro atoms. The van der Waals surface area contributed by atoms with Crippen molar-refractivity contribution >= 4 is 23.5 Å². The number of hydrogen-bond acceptors (Lipinski definition) is 5. The second-order valence-corrected chi connectivity index (χ2v) is 4.69. The number of amides is 2. The van der Waals surface area contributed by atoms with Crippen LogP contribution in [0.3, 0.4) is 0 Å². The lowest BCUT2D eigenvalue weighted by Gasteiger charge is -2.14. The summed E-state index contributed by atoms with van der Waals surface area (Å²) < 4.78 is 5.06. The van der Waals surface area contributed by atoms with Crippen LogP contribution in [0.15, 0.2) is 48.8 Å². The lowest BCUT2D eigenvalue weighted by atomic mass is 10.1. The number of primary amides is 1. The Morgan fingerprint density at radius 1 is 1.17 bits per heavy atom. The number of carbonyl (C=O) groups is 3. The van der Waals surface area contributed by atoms with Crippen LogP contribution in [0.25, 0.3) is 0 Å². The summed E-state index contributed by atoms with van der Waals surface area (Å²) in [5.41, 5.74) is 5.91. The normalized spacial score (nSPS) is 11.3. The zero-order chi connectivity index (χ0) is 16.8. The summed E-state index contributed by atoms with van der Waals surface area (Å²) in [7, 11) is 0. The third-order valence-electron chi connectivity index (χ3n) is 3.00. The lowest BCUT2D eigenvalue weighted by molar-refractivity contribution is -0.123. The van der Waals surface area contributed by atoms with Crippen molar-refractivity contribution in [1.29, 1.82) is 0 Å². The summed E-state index contributed by atoms with van der Waals surface area (Å²) in [6, 6.07) is 9.42. The van der Waals surface area contributed by atoms with E-state index in [2.05, 4.69) is 10.3 Å². The summed E-state index contributed by atoms with van der Waals surface area (Å²) >= 11 is 0. The summed E-state index contributed by atoms with van der Waals surface area (Å²) in [6.45, 7) is 1.43. The molecule has 0 aliphatic rings. The Morgan fingerprint density at radius 2 is 1.91 bits per heavy atom. The van der Waals surface area contributed by atoms with Crippen molar-refractivity contribution in [3.8, 4) is 0 Å². The fraction of sp³-hybridized carbons (Fsp3) is 0.125. The molecule has 0 bridgehead atoms. The van der Waals surface area contributed by atoms with Crippen LogP contribution in [0.4, 0.5) is 5.69 Å². The van der Waals surface area contributed by atoms with Gasteiger partial charge in [0, 0.05) is 12.4 Å². The highest BCUT2D eigenvalue weighted by atomic mass is 16.5. The first-order valence-electron chi connectivity index (χ1n) is 6.79. The lowest BCUT2D eigenvalue weighted by Crippen LogP contribution is -2.31. The van der Waals surface area contributed by atoms with E-state index in [0.717, 1.165) is 0 Å². The third kappa shape index (κ3) is 4.13. The van der Waals surface area contributed by atoms with E-state index >= 15 is 0 Å². The fourth-order valence-electron chi connectivity index (χ4n) is 1.81. The molecule has 1 aromatic carbocycles. The Balaban J connectivity index is 2.04. The number of esters is 1. The number of ether oxygens (including phenoxy) is 1. The van der Waals surface area contributed by atoms with E-state index in [4.69, 9.17) is 10.5 Å². The molecule has 0 aliphatic heterocycles. The van der Waals surface area contributed by atoms with Crippen molar-refractivity contribution in [2.45, 2.75) is 13.0 Å². The second-order valence-electron chi connectivity index (χ2n) is 4.69. The van der Waals surface area contributed by atoms with Gasteiger partial charge >= 0.3 is 5.97 Å². The largest absolute Gasteiger partial charge is 0.449 e. The summed E-state index contributed by atoms with van der Waals surface area (Å²) in [6.07, 6.45) is 1.81. The van der Waals surface area contributed by atoms with Gasteiger partial charge in [0.2, 0.25) is 0 Å². The van der Waals surface area contributed by atoms with Crippen LogP contribution in [0.2, 0.25) is 0 Å². The minimum absolute atomic E-state index is 0.173. The maximum absolute atomic E-state index is 12.1. The maximum Gasteiger partial charge on any atom is 0.340 e. The van der Waals surface area contributed by atoms with Crippen molar-refractivity contribution < 1.29 is 19.1 Å². The molecule has 0 saturated carbocycles. The van der Waals surface area contributed by atoms with E-state index in [1.165, 1.54) is 37.5 Å². The van der Waals surface area contributed by atoms with E-state index in [1.54, 1.807) is 18.2 Å². The molecule has 0 fully saturated rings. The van der Waals surface area contributed by atoms with Gasteiger partial charge in [-0.25, -0.2) is 4.79 Å². The van der Waals surface area contributed by atoms with E-state index in [0.29, 0.717) is 0 Å². The molecular weight excluding hydrogens is 298 g/mol. The highest BCUT2D eigenvalue weighted by Gasteiger charge is 2.20. The zero-order valence-corrected chi connectivity index (χ0v) is 12.4. The molecule has 2 aromatic rings. The number of anilines is 1. The van der Waals surface area contributed by atoms with E-state index in [-0.39, 0.29) is 16.8 Å². The smallest absolute Gasteiger partial charge is 0.340 e. The van der Waals surface area contributed by atoms with Crippen molar-refractivity contribution in [1.82, 2.24) is 4.98 Å². The van der Waals surface area contributed by atoms with Gasteiger partial charge in [0.05, 0.1) is 16.8 Å². The number of rotatable bonds is 5. The predicted molar refractivity (Wildman–Crippen MR) is 82.7 cm³/mol.